The molecule has 2 fully saturated rings. The van der Waals surface area contributed by atoms with Gasteiger partial charge in [0.05, 0.1) is 6.10 Å². The predicted octanol–water partition coefficient (Wildman–Crippen LogP) is 2.94. The van der Waals surface area contributed by atoms with E-state index in [-0.39, 0.29) is 30.6 Å². The van der Waals surface area contributed by atoms with E-state index in [1.165, 1.54) is 0 Å². The van der Waals surface area contributed by atoms with Crippen LogP contribution in [0.4, 0.5) is 0 Å². The van der Waals surface area contributed by atoms with Crippen molar-refractivity contribution in [3.8, 4) is 5.75 Å². The van der Waals surface area contributed by atoms with E-state index in [1.54, 1.807) is 12.2 Å². The molecule has 2 saturated carbocycles. The zero-order chi connectivity index (χ0) is 22.1. The summed E-state index contributed by atoms with van der Waals surface area (Å²) in [7, 11) is 0. The molecule has 1 aromatic rings. The highest BCUT2D eigenvalue weighted by Crippen LogP contribution is 2.33. The van der Waals surface area contributed by atoms with Crippen LogP contribution in [0.15, 0.2) is 54.6 Å². The van der Waals surface area contributed by atoms with Crippen LogP contribution in [-0.2, 0) is 9.59 Å². The van der Waals surface area contributed by atoms with Crippen LogP contribution in [0.5, 0.6) is 5.75 Å². The Bertz CT molecular complexity index is 771. The summed E-state index contributed by atoms with van der Waals surface area (Å²) in [6, 6.07) is 9.64. The highest BCUT2D eigenvalue weighted by molar-refractivity contribution is 5.86. The number of ether oxygens (including phenoxy) is 1. The average molecular weight is 428 g/mol. The number of para-hydroxylation sites is 1. The fourth-order valence-corrected chi connectivity index (χ4v) is 3.81. The van der Waals surface area contributed by atoms with Crippen molar-refractivity contribution in [2.75, 3.05) is 6.61 Å². The Morgan fingerprint density at radius 2 is 2.00 bits per heavy atom. The average Bonchev–Trinajstić information content (AvgIpc) is 3.52. The molecule has 6 nitrogen and oxygen atoms in total. The van der Waals surface area contributed by atoms with E-state index >= 15 is 0 Å². The third kappa shape index (κ3) is 7.96. The molecule has 0 bridgehead atoms. The Morgan fingerprint density at radius 1 is 1.23 bits per heavy atom. The minimum absolute atomic E-state index is 0.00456. The molecule has 2 aliphatic carbocycles. The van der Waals surface area contributed by atoms with E-state index < -0.39 is 18.1 Å². The molecule has 3 rings (SSSR count). The van der Waals surface area contributed by atoms with Crippen LogP contribution >= 0.6 is 0 Å². The molecule has 0 aromatic heterocycles. The molecule has 0 radical (unpaired) electrons. The Hall–Kier alpha value is -2.44. The van der Waals surface area contributed by atoms with Crippen LogP contribution in [-0.4, -0.2) is 46.8 Å². The lowest BCUT2D eigenvalue weighted by molar-refractivity contribution is -0.121. The molecule has 2 aliphatic rings. The number of Topliss-reactive ketones (excluding diaryl/α,β-unsaturated/α-hetero) is 1. The van der Waals surface area contributed by atoms with E-state index in [9.17, 15) is 19.8 Å². The summed E-state index contributed by atoms with van der Waals surface area (Å²) in [6.07, 6.45) is 10.8. The molecular formula is C25H33NO5. The van der Waals surface area contributed by atoms with Crippen LogP contribution in [0.3, 0.4) is 0 Å². The number of hydrogen-bond acceptors (Lipinski definition) is 5. The lowest BCUT2D eigenvalue weighted by atomic mass is 9.90. The third-order valence-electron chi connectivity index (χ3n) is 5.73. The van der Waals surface area contributed by atoms with Crippen LogP contribution < -0.4 is 10.1 Å². The molecule has 3 N–H and O–H groups in total. The first kappa shape index (κ1) is 23.2. The first-order valence-corrected chi connectivity index (χ1v) is 11.2. The van der Waals surface area contributed by atoms with Crippen LogP contribution in [0.2, 0.25) is 0 Å². The first-order valence-electron chi connectivity index (χ1n) is 11.2. The lowest BCUT2D eigenvalue weighted by Crippen LogP contribution is -2.24. The van der Waals surface area contributed by atoms with E-state index in [0.717, 1.165) is 25.7 Å². The second-order valence-corrected chi connectivity index (χ2v) is 8.44. The van der Waals surface area contributed by atoms with Crippen LogP contribution in [0.1, 0.15) is 44.9 Å². The summed E-state index contributed by atoms with van der Waals surface area (Å²) in [4.78, 5) is 24.0. The molecular weight excluding hydrogens is 394 g/mol. The maximum absolute atomic E-state index is 12.3. The number of aliphatic hydroxyl groups is 2. The number of hydrogen-bond donors (Lipinski definition) is 3. The monoisotopic (exact) mass is 427 g/mol. The maximum Gasteiger partial charge on any atom is 0.220 e. The SMILES string of the molecule is O=C(CCC/C=C\C[C@H]1[C@@H](O)CC(=O)[C@@H]1/C=C/[C@@H](O)COc1ccccc1)NC1CC1. The van der Waals surface area contributed by atoms with Crippen molar-refractivity contribution in [3.63, 3.8) is 0 Å². The number of aliphatic hydroxyl groups excluding tert-OH is 2. The Balaban J connectivity index is 1.40. The number of amides is 1. The zero-order valence-electron chi connectivity index (χ0n) is 17.9. The minimum atomic E-state index is -0.830. The normalized spacial score (nSPS) is 24.7. The topological polar surface area (TPSA) is 95.9 Å². The Kier molecular flexibility index (Phi) is 8.85. The van der Waals surface area contributed by atoms with Gasteiger partial charge in [0.25, 0.3) is 0 Å². The van der Waals surface area contributed by atoms with Gasteiger partial charge in [0.15, 0.2) is 0 Å². The molecule has 6 heteroatoms. The Labute approximate surface area is 184 Å². The standard InChI is InChI=1S/C25H33NO5/c27-19(17-31-20-8-4-3-5-9-20)14-15-22-21(23(28)16-24(22)29)10-6-1-2-7-11-25(30)26-18-12-13-18/h1,3-6,8-9,14-15,18-19,21-23,27-28H,2,7,10-13,16-17H2,(H,26,30)/b6-1-,15-14+/t19-,21-,22-,23+/m1/s1. The Morgan fingerprint density at radius 3 is 2.74 bits per heavy atom. The van der Waals surface area contributed by atoms with Crippen molar-refractivity contribution in [1.82, 2.24) is 5.32 Å². The molecule has 1 aromatic carbocycles. The molecule has 1 amide bonds. The molecule has 0 heterocycles. The van der Waals surface area contributed by atoms with Crippen molar-refractivity contribution in [2.24, 2.45) is 11.8 Å². The fraction of sp³-hybridized carbons (Fsp3) is 0.520. The number of unbranched alkanes of at least 4 members (excludes halogenated alkanes) is 1. The lowest BCUT2D eigenvalue weighted by Gasteiger charge is -2.17. The maximum atomic E-state index is 12.3. The number of rotatable bonds is 12. The summed E-state index contributed by atoms with van der Waals surface area (Å²) < 4.78 is 5.53. The van der Waals surface area contributed by atoms with E-state index in [0.29, 0.717) is 24.6 Å². The van der Waals surface area contributed by atoms with Gasteiger partial charge in [0.1, 0.15) is 24.2 Å². The van der Waals surface area contributed by atoms with Gasteiger partial charge in [-0.15, -0.1) is 0 Å². The number of carbonyl (C=O) groups is 2. The van der Waals surface area contributed by atoms with Crippen molar-refractivity contribution in [2.45, 2.75) is 63.2 Å². The number of carbonyl (C=O) groups excluding carboxylic acids is 2. The largest absolute Gasteiger partial charge is 0.491 e. The number of allylic oxidation sites excluding steroid dienone is 3. The molecule has 0 unspecified atom stereocenters. The van der Waals surface area contributed by atoms with Crippen LogP contribution in [0.25, 0.3) is 0 Å². The highest BCUT2D eigenvalue weighted by atomic mass is 16.5. The van der Waals surface area contributed by atoms with Crippen LogP contribution in [0, 0.1) is 11.8 Å². The van der Waals surface area contributed by atoms with Crippen molar-refractivity contribution >= 4 is 11.7 Å². The smallest absolute Gasteiger partial charge is 0.220 e. The van der Waals surface area contributed by atoms with E-state index in [4.69, 9.17) is 4.74 Å². The molecule has 4 atom stereocenters. The van der Waals surface area contributed by atoms with Gasteiger partial charge in [0, 0.05) is 30.7 Å². The second kappa shape index (κ2) is 11.8. The zero-order valence-corrected chi connectivity index (χ0v) is 17.9. The van der Waals surface area contributed by atoms with Gasteiger partial charge in [-0.1, -0.05) is 42.5 Å². The predicted molar refractivity (Wildman–Crippen MR) is 118 cm³/mol. The van der Waals surface area contributed by atoms with Gasteiger partial charge >= 0.3 is 0 Å². The molecule has 168 valence electrons. The van der Waals surface area contributed by atoms with Gasteiger partial charge in [-0.2, -0.15) is 0 Å². The molecule has 0 aliphatic heterocycles. The third-order valence-corrected chi connectivity index (χ3v) is 5.73. The summed E-state index contributed by atoms with van der Waals surface area (Å²) in [5.41, 5.74) is 0. The number of nitrogens with one attached hydrogen (secondary N) is 1. The summed E-state index contributed by atoms with van der Waals surface area (Å²) in [5.74, 6) is 0.189. The summed E-state index contributed by atoms with van der Waals surface area (Å²) in [5, 5.41) is 23.4. The van der Waals surface area contributed by atoms with E-state index in [1.807, 2.05) is 42.5 Å². The van der Waals surface area contributed by atoms with Gasteiger partial charge in [-0.3, -0.25) is 9.59 Å². The van der Waals surface area contributed by atoms with Gasteiger partial charge in [0.2, 0.25) is 5.91 Å². The van der Waals surface area contributed by atoms with Crippen molar-refractivity contribution in [3.05, 3.63) is 54.6 Å². The minimum Gasteiger partial charge on any atom is -0.491 e. The number of benzene rings is 1. The fourth-order valence-electron chi connectivity index (χ4n) is 3.81. The summed E-state index contributed by atoms with van der Waals surface area (Å²) >= 11 is 0. The van der Waals surface area contributed by atoms with Gasteiger partial charge in [-0.05, 0) is 44.2 Å². The molecule has 31 heavy (non-hydrogen) atoms. The van der Waals surface area contributed by atoms with Gasteiger partial charge in [-0.25, -0.2) is 0 Å². The van der Waals surface area contributed by atoms with Gasteiger partial charge < -0.3 is 20.3 Å². The quantitative estimate of drug-likeness (QED) is 0.352. The first-order chi connectivity index (χ1) is 15.0. The van der Waals surface area contributed by atoms with E-state index in [2.05, 4.69) is 5.32 Å². The van der Waals surface area contributed by atoms with Crippen molar-refractivity contribution < 1.29 is 24.5 Å². The number of ketones is 1. The summed E-state index contributed by atoms with van der Waals surface area (Å²) in [6.45, 7) is 0.100. The molecule has 0 saturated heterocycles. The second-order valence-electron chi connectivity index (χ2n) is 8.44. The van der Waals surface area contributed by atoms with Crippen molar-refractivity contribution in [1.29, 1.82) is 0 Å². The highest BCUT2D eigenvalue weighted by Gasteiger charge is 2.39. The molecule has 0 spiro atoms.